The summed E-state index contributed by atoms with van der Waals surface area (Å²) in [5, 5.41) is 6.34. The smallest absolute Gasteiger partial charge is 0.411 e. The molecule has 2 N–H and O–H groups in total. The second-order valence-corrected chi connectivity index (χ2v) is 5.85. The first kappa shape index (κ1) is 13.3. The number of nitrogens with one attached hydrogen (secondary N) is 2. The third-order valence-electron chi connectivity index (χ3n) is 4.50. The average Bonchev–Trinajstić information content (AvgIpc) is 3.04. The summed E-state index contributed by atoms with van der Waals surface area (Å²) in [4.78, 5) is 11.3. The number of benzene rings is 1. The lowest BCUT2D eigenvalue weighted by Crippen LogP contribution is -2.25. The minimum atomic E-state index is -0.402. The van der Waals surface area contributed by atoms with Crippen LogP contribution in [0, 0.1) is 11.8 Å². The van der Waals surface area contributed by atoms with Crippen molar-refractivity contribution in [2.75, 3.05) is 17.2 Å². The van der Waals surface area contributed by atoms with Crippen LogP contribution in [-0.4, -0.2) is 18.7 Å². The molecule has 2 aliphatic rings. The van der Waals surface area contributed by atoms with E-state index in [2.05, 4.69) is 10.6 Å². The highest BCUT2D eigenvalue weighted by Crippen LogP contribution is 2.45. The highest BCUT2D eigenvalue weighted by Gasteiger charge is 2.39. The van der Waals surface area contributed by atoms with Crippen LogP contribution in [0.5, 0.6) is 0 Å². The van der Waals surface area contributed by atoms with Gasteiger partial charge in [-0.1, -0.05) is 6.42 Å². The highest BCUT2D eigenvalue weighted by atomic mass is 16.5. The fraction of sp³-hybridized carbons (Fsp3) is 0.562. The van der Waals surface area contributed by atoms with Crippen molar-refractivity contribution >= 4 is 17.5 Å². The van der Waals surface area contributed by atoms with Crippen molar-refractivity contribution in [2.24, 2.45) is 11.8 Å². The first-order chi connectivity index (χ1) is 9.74. The lowest BCUT2D eigenvalue weighted by Gasteiger charge is -2.24. The third-order valence-corrected chi connectivity index (χ3v) is 4.50. The molecule has 0 aliphatic heterocycles. The van der Waals surface area contributed by atoms with Gasteiger partial charge in [0.15, 0.2) is 0 Å². The maximum Gasteiger partial charge on any atom is 0.411 e. The SMILES string of the molecule is CCOC(=O)Nc1ccc(NC2CC3CCC2C3)cc1. The standard InChI is InChI=1S/C16H22N2O2/c1-2-20-16(19)18-14-7-5-13(6-8-14)17-15-10-11-3-4-12(15)9-11/h5-8,11-12,15,17H,2-4,9-10H2,1H3,(H,18,19). The van der Waals surface area contributed by atoms with Crippen LogP contribution in [0.4, 0.5) is 16.2 Å². The molecule has 4 heteroatoms. The monoisotopic (exact) mass is 274 g/mol. The number of anilines is 2. The van der Waals surface area contributed by atoms with E-state index in [0.717, 1.165) is 23.2 Å². The molecule has 0 saturated heterocycles. The van der Waals surface area contributed by atoms with Crippen molar-refractivity contribution in [1.82, 2.24) is 0 Å². The van der Waals surface area contributed by atoms with Gasteiger partial charge in [-0.2, -0.15) is 0 Å². The van der Waals surface area contributed by atoms with Gasteiger partial charge < -0.3 is 10.1 Å². The molecule has 4 nitrogen and oxygen atoms in total. The zero-order valence-corrected chi connectivity index (χ0v) is 11.9. The van der Waals surface area contributed by atoms with Crippen molar-refractivity contribution in [2.45, 2.75) is 38.6 Å². The quantitative estimate of drug-likeness (QED) is 0.876. The maximum atomic E-state index is 11.3. The van der Waals surface area contributed by atoms with Crippen LogP contribution in [0.1, 0.15) is 32.6 Å². The summed E-state index contributed by atoms with van der Waals surface area (Å²) >= 11 is 0. The summed E-state index contributed by atoms with van der Waals surface area (Å²) in [6.45, 7) is 2.18. The van der Waals surface area contributed by atoms with Gasteiger partial charge in [0, 0.05) is 17.4 Å². The Balaban J connectivity index is 1.55. The molecule has 0 radical (unpaired) electrons. The summed E-state index contributed by atoms with van der Waals surface area (Å²) in [7, 11) is 0. The molecule has 1 amide bonds. The van der Waals surface area contributed by atoms with Crippen LogP contribution in [0.2, 0.25) is 0 Å². The Hall–Kier alpha value is -1.71. The number of ether oxygens (including phenoxy) is 1. The number of fused-ring (bicyclic) bond motifs is 2. The van der Waals surface area contributed by atoms with Gasteiger partial charge in [0.2, 0.25) is 0 Å². The lowest BCUT2D eigenvalue weighted by atomic mass is 9.95. The van der Waals surface area contributed by atoms with Gasteiger partial charge in [0.25, 0.3) is 0 Å². The summed E-state index contributed by atoms with van der Waals surface area (Å²) < 4.78 is 4.85. The second kappa shape index (κ2) is 5.73. The Kier molecular flexibility index (Phi) is 3.81. The Morgan fingerprint density at radius 1 is 1.20 bits per heavy atom. The fourth-order valence-electron chi connectivity index (χ4n) is 3.57. The molecular formula is C16H22N2O2. The van der Waals surface area contributed by atoms with Crippen molar-refractivity contribution in [3.05, 3.63) is 24.3 Å². The largest absolute Gasteiger partial charge is 0.450 e. The van der Waals surface area contributed by atoms with E-state index < -0.39 is 6.09 Å². The minimum absolute atomic E-state index is 0.385. The van der Waals surface area contributed by atoms with E-state index in [1.54, 1.807) is 6.92 Å². The van der Waals surface area contributed by atoms with Crippen molar-refractivity contribution in [3.63, 3.8) is 0 Å². The third kappa shape index (κ3) is 2.89. The number of amides is 1. The molecule has 0 heterocycles. The van der Waals surface area contributed by atoms with Crippen LogP contribution in [0.3, 0.4) is 0 Å². The lowest BCUT2D eigenvalue weighted by molar-refractivity contribution is 0.168. The van der Waals surface area contributed by atoms with Gasteiger partial charge in [0.1, 0.15) is 0 Å². The second-order valence-electron chi connectivity index (χ2n) is 5.85. The minimum Gasteiger partial charge on any atom is -0.450 e. The van der Waals surface area contributed by atoms with E-state index in [-0.39, 0.29) is 0 Å². The van der Waals surface area contributed by atoms with Crippen molar-refractivity contribution < 1.29 is 9.53 Å². The molecule has 3 unspecified atom stereocenters. The fourth-order valence-corrected chi connectivity index (χ4v) is 3.57. The summed E-state index contributed by atoms with van der Waals surface area (Å²) in [6, 6.07) is 8.50. The van der Waals surface area contributed by atoms with E-state index in [0.29, 0.717) is 12.6 Å². The Morgan fingerprint density at radius 3 is 2.55 bits per heavy atom. The molecule has 0 spiro atoms. The predicted octanol–water partition coefficient (Wildman–Crippen LogP) is 3.86. The average molecular weight is 274 g/mol. The van der Waals surface area contributed by atoms with E-state index in [1.165, 1.54) is 25.7 Å². The van der Waals surface area contributed by atoms with Crippen LogP contribution in [0.25, 0.3) is 0 Å². The molecule has 2 saturated carbocycles. The first-order valence-corrected chi connectivity index (χ1v) is 7.55. The summed E-state index contributed by atoms with van der Waals surface area (Å²) in [6.07, 6.45) is 5.12. The number of rotatable bonds is 4. The van der Waals surface area contributed by atoms with Crippen LogP contribution >= 0.6 is 0 Å². The molecule has 1 aromatic carbocycles. The molecular weight excluding hydrogens is 252 g/mol. The Bertz CT molecular complexity index is 472. The van der Waals surface area contributed by atoms with E-state index in [9.17, 15) is 4.79 Å². The number of carbonyl (C=O) groups is 1. The zero-order valence-electron chi connectivity index (χ0n) is 11.9. The van der Waals surface area contributed by atoms with Gasteiger partial charge in [-0.05, 0) is 62.3 Å². The maximum absolute atomic E-state index is 11.3. The van der Waals surface area contributed by atoms with Crippen LogP contribution in [-0.2, 0) is 4.74 Å². The normalized spacial score (nSPS) is 27.4. The molecule has 1 aromatic rings. The zero-order chi connectivity index (χ0) is 13.9. The Labute approximate surface area is 119 Å². The van der Waals surface area contributed by atoms with Gasteiger partial charge in [-0.3, -0.25) is 5.32 Å². The van der Waals surface area contributed by atoms with Gasteiger partial charge in [0.05, 0.1) is 6.61 Å². The molecule has 3 rings (SSSR count). The summed E-state index contributed by atoms with van der Waals surface area (Å²) in [5.41, 5.74) is 1.90. The van der Waals surface area contributed by atoms with Gasteiger partial charge in [-0.25, -0.2) is 4.79 Å². The number of hydrogen-bond acceptors (Lipinski definition) is 3. The molecule has 20 heavy (non-hydrogen) atoms. The van der Waals surface area contributed by atoms with Crippen LogP contribution in [0.15, 0.2) is 24.3 Å². The van der Waals surface area contributed by atoms with Crippen molar-refractivity contribution in [1.29, 1.82) is 0 Å². The highest BCUT2D eigenvalue weighted by molar-refractivity contribution is 5.84. The van der Waals surface area contributed by atoms with Crippen molar-refractivity contribution in [3.8, 4) is 0 Å². The first-order valence-electron chi connectivity index (χ1n) is 7.55. The predicted molar refractivity (Wildman–Crippen MR) is 79.9 cm³/mol. The van der Waals surface area contributed by atoms with Gasteiger partial charge in [-0.15, -0.1) is 0 Å². The number of carbonyl (C=O) groups excluding carboxylic acids is 1. The molecule has 0 aromatic heterocycles. The van der Waals surface area contributed by atoms with Gasteiger partial charge >= 0.3 is 6.09 Å². The molecule has 2 aliphatic carbocycles. The van der Waals surface area contributed by atoms with E-state index in [4.69, 9.17) is 4.74 Å². The van der Waals surface area contributed by atoms with Crippen LogP contribution < -0.4 is 10.6 Å². The van der Waals surface area contributed by atoms with E-state index >= 15 is 0 Å². The molecule has 2 bridgehead atoms. The summed E-state index contributed by atoms with van der Waals surface area (Å²) in [5.74, 6) is 1.81. The Morgan fingerprint density at radius 2 is 1.95 bits per heavy atom. The van der Waals surface area contributed by atoms with E-state index in [1.807, 2.05) is 24.3 Å². The number of hydrogen-bond donors (Lipinski definition) is 2. The topological polar surface area (TPSA) is 50.4 Å². The molecule has 108 valence electrons. The molecule has 2 fully saturated rings. The molecule has 3 atom stereocenters.